The minimum Gasteiger partial charge on any atom is -0.481 e. The molecule has 0 saturated heterocycles. The molecular weight excluding hydrogens is 274 g/mol. The first kappa shape index (κ1) is 13.4. The molecule has 1 saturated carbocycles. The summed E-state index contributed by atoms with van der Waals surface area (Å²) < 4.78 is 0. The monoisotopic (exact) mass is 293 g/mol. The number of fused-ring (bicyclic) bond motifs is 1. The van der Waals surface area contributed by atoms with Crippen molar-refractivity contribution in [2.75, 3.05) is 11.9 Å². The van der Waals surface area contributed by atoms with Crippen molar-refractivity contribution < 1.29 is 9.90 Å². The summed E-state index contributed by atoms with van der Waals surface area (Å²) in [6.45, 7) is 3.05. The number of nitrogens with one attached hydrogen (secondary N) is 1. The molecule has 4 rings (SSSR count). The molecule has 3 nitrogen and oxygen atoms in total. The fourth-order valence-electron chi connectivity index (χ4n) is 4.06. The molecule has 2 atom stereocenters. The van der Waals surface area contributed by atoms with Crippen LogP contribution < -0.4 is 5.32 Å². The molecule has 0 bridgehead atoms. The summed E-state index contributed by atoms with van der Waals surface area (Å²) in [7, 11) is 0. The fraction of sp³-hybridized carbons (Fsp3) is 0.316. The molecule has 2 aliphatic rings. The van der Waals surface area contributed by atoms with Gasteiger partial charge in [0.2, 0.25) is 0 Å². The lowest BCUT2D eigenvalue weighted by Gasteiger charge is -2.21. The highest BCUT2D eigenvalue weighted by atomic mass is 16.4. The molecule has 0 spiro atoms. The topological polar surface area (TPSA) is 49.3 Å². The fourth-order valence-corrected chi connectivity index (χ4v) is 4.06. The third-order valence-electron chi connectivity index (χ3n) is 5.52. The van der Waals surface area contributed by atoms with E-state index >= 15 is 0 Å². The Labute approximate surface area is 130 Å². The summed E-state index contributed by atoms with van der Waals surface area (Å²) in [5.41, 5.74) is 3.41. The van der Waals surface area contributed by atoms with Gasteiger partial charge >= 0.3 is 5.97 Å². The summed E-state index contributed by atoms with van der Waals surface area (Å²) in [5, 5.41) is 13.3. The molecule has 1 heterocycles. The molecule has 0 aromatic heterocycles. The van der Waals surface area contributed by atoms with E-state index in [1.54, 1.807) is 0 Å². The zero-order valence-electron chi connectivity index (χ0n) is 12.6. The molecular formula is C19H19NO2. The Bertz CT molecular complexity index is 755. The molecule has 1 aliphatic heterocycles. The van der Waals surface area contributed by atoms with Crippen LogP contribution in [0.3, 0.4) is 0 Å². The molecule has 112 valence electrons. The van der Waals surface area contributed by atoms with E-state index in [9.17, 15) is 9.90 Å². The zero-order valence-corrected chi connectivity index (χ0v) is 12.6. The van der Waals surface area contributed by atoms with Gasteiger partial charge in [-0.1, -0.05) is 49.4 Å². The number of benzene rings is 2. The van der Waals surface area contributed by atoms with Crippen molar-refractivity contribution in [2.45, 2.75) is 30.6 Å². The van der Waals surface area contributed by atoms with E-state index in [0.29, 0.717) is 6.42 Å². The molecule has 2 aromatic carbocycles. The van der Waals surface area contributed by atoms with Gasteiger partial charge in [-0.15, -0.1) is 0 Å². The van der Waals surface area contributed by atoms with E-state index in [2.05, 4.69) is 30.4 Å². The van der Waals surface area contributed by atoms with Gasteiger partial charge in [0.05, 0.1) is 0 Å². The number of hydrogen-bond acceptors (Lipinski definition) is 2. The van der Waals surface area contributed by atoms with Crippen LogP contribution in [0.15, 0.2) is 48.5 Å². The second-order valence-corrected chi connectivity index (χ2v) is 6.63. The molecule has 0 amide bonds. The van der Waals surface area contributed by atoms with E-state index in [4.69, 9.17) is 0 Å². The van der Waals surface area contributed by atoms with Gasteiger partial charge in [0.1, 0.15) is 5.41 Å². The molecule has 3 heteroatoms. The third kappa shape index (κ3) is 1.59. The normalized spacial score (nSPS) is 28.8. The van der Waals surface area contributed by atoms with Crippen molar-refractivity contribution in [2.24, 2.45) is 0 Å². The van der Waals surface area contributed by atoms with Gasteiger partial charge in [0, 0.05) is 17.6 Å². The largest absolute Gasteiger partial charge is 0.481 e. The first-order valence-corrected chi connectivity index (χ1v) is 7.74. The first-order valence-electron chi connectivity index (χ1n) is 7.74. The molecule has 22 heavy (non-hydrogen) atoms. The minimum atomic E-state index is -0.797. The maximum absolute atomic E-state index is 12.1. The predicted molar refractivity (Wildman–Crippen MR) is 86.4 cm³/mol. The lowest BCUT2D eigenvalue weighted by atomic mass is 9.82. The van der Waals surface area contributed by atoms with Gasteiger partial charge in [-0.05, 0) is 35.6 Å². The second-order valence-electron chi connectivity index (χ2n) is 6.63. The van der Waals surface area contributed by atoms with Crippen molar-refractivity contribution in [3.63, 3.8) is 0 Å². The lowest BCUT2D eigenvalue weighted by Crippen LogP contribution is -2.29. The Morgan fingerprint density at radius 1 is 1.14 bits per heavy atom. The Hall–Kier alpha value is -2.29. The summed E-state index contributed by atoms with van der Waals surface area (Å²) >= 11 is 0. The van der Waals surface area contributed by atoms with Gasteiger partial charge in [-0.25, -0.2) is 0 Å². The molecule has 1 aliphatic carbocycles. The number of rotatable bonds is 3. The minimum absolute atomic E-state index is 0.336. The Kier molecular flexibility index (Phi) is 2.65. The highest BCUT2D eigenvalue weighted by Crippen LogP contribution is 2.65. The Balaban J connectivity index is 1.80. The van der Waals surface area contributed by atoms with Crippen LogP contribution in [0, 0.1) is 0 Å². The van der Waals surface area contributed by atoms with Crippen molar-refractivity contribution in [1.29, 1.82) is 0 Å². The van der Waals surface area contributed by atoms with E-state index < -0.39 is 11.4 Å². The molecule has 1 fully saturated rings. The van der Waals surface area contributed by atoms with Crippen molar-refractivity contribution in [1.82, 2.24) is 0 Å². The number of carbonyl (C=O) groups is 1. The molecule has 2 unspecified atom stereocenters. The SMILES string of the molecule is CC1(c2ccc3c(c2)CCN3)CC1(C(=O)O)c1ccccc1. The number of anilines is 1. The van der Waals surface area contributed by atoms with Gasteiger partial charge < -0.3 is 10.4 Å². The summed E-state index contributed by atoms with van der Waals surface area (Å²) in [4.78, 5) is 12.1. The standard InChI is InChI=1S/C19H19NO2/c1-18(15-7-8-16-13(11-15)9-10-20-16)12-19(18,17(21)22)14-5-3-2-4-6-14/h2-8,11,20H,9-10,12H2,1H3,(H,21,22). The van der Waals surface area contributed by atoms with Crippen LogP contribution in [-0.4, -0.2) is 17.6 Å². The molecule has 2 N–H and O–H groups in total. The summed E-state index contributed by atoms with van der Waals surface area (Å²) in [5.74, 6) is -0.722. The number of hydrogen-bond donors (Lipinski definition) is 2. The predicted octanol–water partition coefficient (Wildman–Crippen LogP) is 3.34. The zero-order chi connectivity index (χ0) is 15.4. The number of carboxylic acids is 1. The van der Waals surface area contributed by atoms with E-state index in [1.807, 2.05) is 30.3 Å². The average molecular weight is 293 g/mol. The number of carboxylic acid groups (broad SMARTS) is 1. The Morgan fingerprint density at radius 2 is 1.91 bits per heavy atom. The van der Waals surface area contributed by atoms with Crippen molar-refractivity contribution in [3.05, 3.63) is 65.2 Å². The van der Waals surface area contributed by atoms with Gasteiger partial charge in [0.15, 0.2) is 0 Å². The van der Waals surface area contributed by atoms with Crippen LogP contribution in [-0.2, 0) is 22.0 Å². The summed E-state index contributed by atoms with van der Waals surface area (Å²) in [6.07, 6.45) is 1.68. The van der Waals surface area contributed by atoms with Crippen LogP contribution in [0.5, 0.6) is 0 Å². The highest BCUT2D eigenvalue weighted by molar-refractivity contribution is 5.89. The van der Waals surface area contributed by atoms with Crippen LogP contribution in [0.1, 0.15) is 30.0 Å². The Morgan fingerprint density at radius 3 is 2.64 bits per heavy atom. The smallest absolute Gasteiger partial charge is 0.315 e. The lowest BCUT2D eigenvalue weighted by molar-refractivity contribution is -0.140. The van der Waals surface area contributed by atoms with Crippen LogP contribution in [0.25, 0.3) is 0 Å². The van der Waals surface area contributed by atoms with Gasteiger partial charge in [-0.3, -0.25) is 4.79 Å². The molecule has 2 aromatic rings. The van der Waals surface area contributed by atoms with Crippen LogP contribution >= 0.6 is 0 Å². The third-order valence-corrected chi connectivity index (χ3v) is 5.52. The first-order chi connectivity index (χ1) is 10.6. The van der Waals surface area contributed by atoms with Gasteiger partial charge in [0.25, 0.3) is 0 Å². The van der Waals surface area contributed by atoms with Crippen molar-refractivity contribution in [3.8, 4) is 0 Å². The van der Waals surface area contributed by atoms with Gasteiger partial charge in [-0.2, -0.15) is 0 Å². The van der Waals surface area contributed by atoms with E-state index in [1.165, 1.54) is 11.3 Å². The van der Waals surface area contributed by atoms with Crippen molar-refractivity contribution >= 4 is 11.7 Å². The second kappa shape index (κ2) is 4.35. The van der Waals surface area contributed by atoms with E-state index in [-0.39, 0.29) is 5.41 Å². The van der Waals surface area contributed by atoms with Crippen LogP contribution in [0.4, 0.5) is 5.69 Å². The number of aliphatic carboxylic acids is 1. The average Bonchev–Trinajstić information content (AvgIpc) is 2.95. The maximum Gasteiger partial charge on any atom is 0.315 e. The van der Waals surface area contributed by atoms with Crippen LogP contribution in [0.2, 0.25) is 0 Å². The molecule has 0 radical (unpaired) electrons. The quantitative estimate of drug-likeness (QED) is 0.912. The van der Waals surface area contributed by atoms with E-state index in [0.717, 1.165) is 24.1 Å². The maximum atomic E-state index is 12.1. The summed E-state index contributed by atoms with van der Waals surface area (Å²) in [6, 6.07) is 16.0. The highest BCUT2D eigenvalue weighted by Gasteiger charge is 2.71.